The Morgan fingerprint density at radius 3 is 2.75 bits per heavy atom. The van der Waals surface area contributed by atoms with Crippen molar-refractivity contribution in [2.75, 3.05) is 0 Å². The van der Waals surface area contributed by atoms with Gasteiger partial charge in [0, 0.05) is 5.92 Å². The minimum absolute atomic E-state index is 0.221. The number of hydrogen-bond acceptors (Lipinski definition) is 2. The van der Waals surface area contributed by atoms with Crippen LogP contribution in [0.4, 0.5) is 8.78 Å². The molecule has 4 nitrogen and oxygen atoms in total. The summed E-state index contributed by atoms with van der Waals surface area (Å²) in [6.07, 6.45) is 3.32. The monoisotopic (exact) mass is 337 g/mol. The predicted molar refractivity (Wildman–Crippen MR) is 83.3 cm³/mol. The Kier molecular flexibility index (Phi) is 4.32. The van der Waals surface area contributed by atoms with E-state index in [-0.39, 0.29) is 17.4 Å². The van der Waals surface area contributed by atoms with Crippen LogP contribution in [-0.2, 0) is 9.59 Å². The van der Waals surface area contributed by atoms with Crippen LogP contribution in [0.25, 0.3) is 0 Å². The topological polar surface area (TPSA) is 66.4 Å². The van der Waals surface area contributed by atoms with Gasteiger partial charge in [0.05, 0.1) is 11.5 Å². The lowest BCUT2D eigenvalue weighted by atomic mass is 9.73. The molecule has 3 rings (SSSR count). The molecule has 130 valence electrons. The van der Waals surface area contributed by atoms with Crippen LogP contribution < -0.4 is 5.32 Å². The summed E-state index contributed by atoms with van der Waals surface area (Å²) >= 11 is 0. The van der Waals surface area contributed by atoms with E-state index < -0.39 is 35.0 Å². The van der Waals surface area contributed by atoms with Gasteiger partial charge in [-0.05, 0) is 43.7 Å². The van der Waals surface area contributed by atoms with Gasteiger partial charge in [-0.1, -0.05) is 25.0 Å². The van der Waals surface area contributed by atoms with Gasteiger partial charge in [0.25, 0.3) is 0 Å². The Balaban J connectivity index is 1.70. The van der Waals surface area contributed by atoms with Crippen LogP contribution in [-0.4, -0.2) is 22.5 Å². The molecule has 0 saturated heterocycles. The smallest absolute Gasteiger partial charge is 0.308 e. The van der Waals surface area contributed by atoms with Crippen molar-refractivity contribution in [3.05, 3.63) is 35.4 Å². The lowest BCUT2D eigenvalue weighted by molar-refractivity contribution is -0.146. The summed E-state index contributed by atoms with van der Waals surface area (Å²) < 4.78 is 27.2. The van der Waals surface area contributed by atoms with Gasteiger partial charge < -0.3 is 10.4 Å². The van der Waals surface area contributed by atoms with Gasteiger partial charge in [0.2, 0.25) is 5.91 Å². The number of carboxylic acids is 1. The quantitative estimate of drug-likeness (QED) is 0.886. The molecular weight excluding hydrogens is 316 g/mol. The first-order valence-electron chi connectivity index (χ1n) is 8.32. The Hall–Kier alpha value is -1.98. The first-order valence-corrected chi connectivity index (χ1v) is 8.32. The summed E-state index contributed by atoms with van der Waals surface area (Å²) in [7, 11) is 0. The van der Waals surface area contributed by atoms with Crippen molar-refractivity contribution < 1.29 is 23.5 Å². The molecule has 1 aromatic rings. The number of aliphatic carboxylic acids is 1. The van der Waals surface area contributed by atoms with Crippen molar-refractivity contribution >= 4 is 11.9 Å². The van der Waals surface area contributed by atoms with E-state index in [1.807, 2.05) is 0 Å². The molecule has 2 aliphatic rings. The number of nitrogens with one attached hydrogen (secondary N) is 1. The highest BCUT2D eigenvalue weighted by molar-refractivity contribution is 5.84. The molecule has 0 heterocycles. The first kappa shape index (κ1) is 16.9. The van der Waals surface area contributed by atoms with Crippen LogP contribution in [0, 0.1) is 23.5 Å². The molecule has 24 heavy (non-hydrogen) atoms. The van der Waals surface area contributed by atoms with E-state index in [0.29, 0.717) is 19.3 Å². The Labute approximate surface area is 139 Å². The molecule has 0 spiro atoms. The Bertz CT molecular complexity index is 678. The summed E-state index contributed by atoms with van der Waals surface area (Å²) in [4.78, 5) is 24.0. The molecule has 1 amide bonds. The molecule has 2 fully saturated rings. The molecule has 2 aliphatic carbocycles. The van der Waals surface area contributed by atoms with E-state index in [9.17, 15) is 23.5 Å². The summed E-state index contributed by atoms with van der Waals surface area (Å²) in [5.41, 5.74) is -0.562. The van der Waals surface area contributed by atoms with E-state index in [4.69, 9.17) is 0 Å². The zero-order valence-electron chi connectivity index (χ0n) is 13.5. The second kappa shape index (κ2) is 6.15. The number of hydrogen-bond donors (Lipinski definition) is 2. The van der Waals surface area contributed by atoms with E-state index in [1.165, 1.54) is 12.1 Å². The molecule has 0 bridgehead atoms. The molecule has 0 aliphatic heterocycles. The van der Waals surface area contributed by atoms with E-state index in [2.05, 4.69) is 5.32 Å². The van der Waals surface area contributed by atoms with Crippen LogP contribution in [0.15, 0.2) is 18.2 Å². The van der Waals surface area contributed by atoms with Gasteiger partial charge in [0.15, 0.2) is 11.6 Å². The van der Waals surface area contributed by atoms with Crippen LogP contribution in [0.1, 0.15) is 50.5 Å². The van der Waals surface area contributed by atoms with Crippen molar-refractivity contribution in [2.45, 2.75) is 50.5 Å². The van der Waals surface area contributed by atoms with Gasteiger partial charge >= 0.3 is 5.97 Å². The second-order valence-electron chi connectivity index (χ2n) is 7.14. The Morgan fingerprint density at radius 2 is 2.04 bits per heavy atom. The van der Waals surface area contributed by atoms with Gasteiger partial charge in [-0.25, -0.2) is 8.78 Å². The minimum atomic E-state index is -0.913. The third kappa shape index (κ3) is 3.01. The lowest BCUT2D eigenvalue weighted by Crippen LogP contribution is -2.55. The maximum Gasteiger partial charge on any atom is 0.308 e. The molecule has 2 saturated carbocycles. The normalized spacial score (nSPS) is 32.2. The van der Waals surface area contributed by atoms with Gasteiger partial charge in [0.1, 0.15) is 0 Å². The fraction of sp³-hybridized carbons (Fsp3) is 0.556. The molecule has 2 N–H and O–H groups in total. The zero-order valence-corrected chi connectivity index (χ0v) is 13.5. The number of carboxylic acid groups (broad SMARTS) is 1. The molecule has 1 aromatic carbocycles. The van der Waals surface area contributed by atoms with E-state index >= 15 is 0 Å². The Morgan fingerprint density at radius 1 is 1.29 bits per heavy atom. The van der Waals surface area contributed by atoms with Crippen molar-refractivity contribution in [3.8, 4) is 0 Å². The number of carbonyl (C=O) groups excluding carboxylic acids is 1. The molecule has 4 atom stereocenters. The molecular formula is C18H21F2NO3. The third-order valence-electron chi connectivity index (χ3n) is 5.42. The third-order valence-corrected chi connectivity index (χ3v) is 5.42. The van der Waals surface area contributed by atoms with Crippen LogP contribution in [0.3, 0.4) is 0 Å². The summed E-state index contributed by atoms with van der Waals surface area (Å²) in [5.74, 6) is -4.35. The lowest BCUT2D eigenvalue weighted by Gasteiger charge is -2.40. The number of carbonyl (C=O) groups is 2. The highest BCUT2D eigenvalue weighted by Crippen LogP contribution is 2.49. The van der Waals surface area contributed by atoms with Gasteiger partial charge in [-0.3, -0.25) is 9.59 Å². The van der Waals surface area contributed by atoms with Crippen LogP contribution in [0.5, 0.6) is 0 Å². The van der Waals surface area contributed by atoms with E-state index in [0.717, 1.165) is 18.9 Å². The summed E-state index contributed by atoms with van der Waals surface area (Å²) in [6, 6.07) is 3.99. The standard InChI is InChI=1S/C18H21F2NO3/c1-18(8-3-2-6-13(18)17(23)24)21-16(22)12-9-11(12)10-5-4-7-14(19)15(10)20/h4-5,7,11-13H,2-3,6,8-9H2,1H3,(H,21,22)(H,23,24). The molecule has 0 aromatic heterocycles. The van der Waals surface area contributed by atoms with Crippen molar-refractivity contribution in [1.29, 1.82) is 0 Å². The van der Waals surface area contributed by atoms with Crippen LogP contribution in [0.2, 0.25) is 0 Å². The maximum absolute atomic E-state index is 13.8. The van der Waals surface area contributed by atoms with E-state index in [1.54, 1.807) is 6.92 Å². The average Bonchev–Trinajstić information content (AvgIpc) is 3.30. The van der Waals surface area contributed by atoms with Crippen molar-refractivity contribution in [2.24, 2.45) is 11.8 Å². The van der Waals surface area contributed by atoms with Gasteiger partial charge in [-0.2, -0.15) is 0 Å². The summed E-state index contributed by atoms with van der Waals surface area (Å²) in [5, 5.41) is 12.3. The number of benzene rings is 1. The largest absolute Gasteiger partial charge is 0.481 e. The fourth-order valence-corrected chi connectivity index (χ4v) is 3.89. The number of amides is 1. The SMILES string of the molecule is CC1(NC(=O)C2CC2c2cccc(F)c2F)CCCCC1C(=O)O. The van der Waals surface area contributed by atoms with Crippen molar-refractivity contribution in [3.63, 3.8) is 0 Å². The minimum Gasteiger partial charge on any atom is -0.481 e. The molecule has 6 heteroatoms. The first-order chi connectivity index (χ1) is 11.3. The summed E-state index contributed by atoms with van der Waals surface area (Å²) in [6.45, 7) is 1.77. The average molecular weight is 337 g/mol. The fourth-order valence-electron chi connectivity index (χ4n) is 3.89. The van der Waals surface area contributed by atoms with Crippen LogP contribution >= 0.6 is 0 Å². The number of rotatable bonds is 4. The van der Waals surface area contributed by atoms with Gasteiger partial charge in [-0.15, -0.1) is 0 Å². The zero-order chi connectivity index (χ0) is 17.5. The predicted octanol–water partition coefficient (Wildman–Crippen LogP) is 3.22. The van der Waals surface area contributed by atoms with Crippen molar-refractivity contribution in [1.82, 2.24) is 5.32 Å². The number of halogens is 2. The molecule has 4 unspecified atom stereocenters. The second-order valence-corrected chi connectivity index (χ2v) is 7.14. The highest BCUT2D eigenvalue weighted by atomic mass is 19.2. The highest BCUT2D eigenvalue weighted by Gasteiger charge is 2.49. The maximum atomic E-state index is 13.8. The molecule has 0 radical (unpaired) electrons.